The van der Waals surface area contributed by atoms with Gasteiger partial charge >= 0.3 is 0 Å². The quantitative estimate of drug-likeness (QED) is 0.798. The van der Waals surface area contributed by atoms with Gasteiger partial charge in [-0.05, 0) is 25.1 Å². The summed E-state index contributed by atoms with van der Waals surface area (Å²) in [7, 11) is 0. The van der Waals surface area contributed by atoms with Crippen LogP contribution in [0.4, 0.5) is 0 Å². The third kappa shape index (κ3) is 1.93. The first kappa shape index (κ1) is 9.58. The van der Waals surface area contributed by atoms with E-state index < -0.39 is 0 Å². The molecule has 0 radical (unpaired) electrons. The van der Waals surface area contributed by atoms with Gasteiger partial charge in [0.05, 0.1) is 11.0 Å². The molecular weight excluding hydrogens is 190 g/mol. The number of benzene rings is 1. The van der Waals surface area contributed by atoms with E-state index in [2.05, 4.69) is 15.3 Å². The summed E-state index contributed by atoms with van der Waals surface area (Å²) in [6, 6.07) is 5.29. The van der Waals surface area contributed by atoms with Crippen LogP contribution in [0.5, 0.6) is 0 Å². The van der Waals surface area contributed by atoms with E-state index in [1.54, 1.807) is 30.6 Å². The molecular formula is C11H11N3O. The van der Waals surface area contributed by atoms with E-state index in [0.29, 0.717) is 12.1 Å². The van der Waals surface area contributed by atoms with Gasteiger partial charge in [0.15, 0.2) is 0 Å². The molecule has 76 valence electrons. The van der Waals surface area contributed by atoms with Crippen molar-refractivity contribution >= 4 is 16.9 Å². The summed E-state index contributed by atoms with van der Waals surface area (Å²) in [5.41, 5.74) is 2.15. The van der Waals surface area contributed by atoms with Crippen molar-refractivity contribution in [2.24, 2.45) is 0 Å². The van der Waals surface area contributed by atoms with Crippen molar-refractivity contribution in [3.63, 3.8) is 0 Å². The van der Waals surface area contributed by atoms with Crippen molar-refractivity contribution in [2.75, 3.05) is 6.54 Å². The number of nitrogens with zero attached hydrogens (tertiary/aromatic N) is 2. The Bertz CT molecular complexity index is 496. The Hall–Kier alpha value is -1.97. The van der Waals surface area contributed by atoms with E-state index in [9.17, 15) is 4.79 Å². The van der Waals surface area contributed by atoms with Gasteiger partial charge < -0.3 is 5.32 Å². The molecule has 0 spiro atoms. The second kappa shape index (κ2) is 4.04. The molecule has 4 nitrogen and oxygen atoms in total. The Morgan fingerprint density at radius 1 is 1.27 bits per heavy atom. The molecule has 1 aromatic carbocycles. The molecule has 0 aliphatic carbocycles. The van der Waals surface area contributed by atoms with Crippen LogP contribution in [-0.2, 0) is 0 Å². The molecule has 0 aliphatic rings. The fourth-order valence-electron chi connectivity index (χ4n) is 1.37. The molecule has 1 N–H and O–H groups in total. The minimum atomic E-state index is -0.0787. The summed E-state index contributed by atoms with van der Waals surface area (Å²) in [5.74, 6) is -0.0787. The third-order valence-electron chi connectivity index (χ3n) is 2.07. The van der Waals surface area contributed by atoms with Gasteiger partial charge in [-0.15, -0.1) is 0 Å². The summed E-state index contributed by atoms with van der Waals surface area (Å²) in [6.45, 7) is 2.51. The maximum atomic E-state index is 11.5. The van der Waals surface area contributed by atoms with Crippen LogP contribution < -0.4 is 5.32 Å². The van der Waals surface area contributed by atoms with Crippen LogP contribution in [0.3, 0.4) is 0 Å². The van der Waals surface area contributed by atoms with E-state index in [0.717, 1.165) is 11.0 Å². The number of amides is 1. The SMILES string of the molecule is CCNC(=O)c1ccc2nccnc2c1. The molecule has 0 bridgehead atoms. The highest BCUT2D eigenvalue weighted by molar-refractivity contribution is 5.97. The third-order valence-corrected chi connectivity index (χ3v) is 2.07. The predicted molar refractivity (Wildman–Crippen MR) is 57.5 cm³/mol. The van der Waals surface area contributed by atoms with Gasteiger partial charge in [0.1, 0.15) is 0 Å². The van der Waals surface area contributed by atoms with Gasteiger partial charge in [0.2, 0.25) is 0 Å². The first-order valence-corrected chi connectivity index (χ1v) is 4.80. The molecule has 1 amide bonds. The van der Waals surface area contributed by atoms with Crippen LogP contribution in [0.1, 0.15) is 17.3 Å². The molecule has 0 saturated heterocycles. The minimum absolute atomic E-state index is 0.0787. The number of nitrogens with one attached hydrogen (secondary N) is 1. The normalized spacial score (nSPS) is 10.2. The highest BCUT2D eigenvalue weighted by atomic mass is 16.1. The van der Waals surface area contributed by atoms with Crippen LogP contribution in [0, 0.1) is 0 Å². The van der Waals surface area contributed by atoms with Crippen molar-refractivity contribution in [3.05, 3.63) is 36.2 Å². The minimum Gasteiger partial charge on any atom is -0.352 e. The zero-order valence-electron chi connectivity index (χ0n) is 8.40. The molecule has 2 rings (SSSR count). The summed E-state index contributed by atoms with van der Waals surface area (Å²) in [4.78, 5) is 19.8. The lowest BCUT2D eigenvalue weighted by molar-refractivity contribution is 0.0956. The monoisotopic (exact) mass is 201 g/mol. The average Bonchev–Trinajstić information content (AvgIpc) is 2.29. The molecule has 4 heteroatoms. The average molecular weight is 201 g/mol. The van der Waals surface area contributed by atoms with Crippen LogP contribution in [0.15, 0.2) is 30.6 Å². The lowest BCUT2D eigenvalue weighted by atomic mass is 10.2. The highest BCUT2D eigenvalue weighted by Gasteiger charge is 2.05. The first-order valence-electron chi connectivity index (χ1n) is 4.80. The summed E-state index contributed by atoms with van der Waals surface area (Å²) < 4.78 is 0. The number of hydrogen-bond acceptors (Lipinski definition) is 3. The lowest BCUT2D eigenvalue weighted by Crippen LogP contribution is -2.22. The number of hydrogen-bond donors (Lipinski definition) is 1. The largest absolute Gasteiger partial charge is 0.352 e. The van der Waals surface area contributed by atoms with E-state index in [4.69, 9.17) is 0 Å². The Kier molecular flexibility index (Phi) is 2.58. The molecule has 0 unspecified atom stereocenters. The van der Waals surface area contributed by atoms with Gasteiger partial charge in [-0.3, -0.25) is 14.8 Å². The maximum Gasteiger partial charge on any atom is 0.251 e. The van der Waals surface area contributed by atoms with E-state index in [1.165, 1.54) is 0 Å². The van der Waals surface area contributed by atoms with Crippen molar-refractivity contribution in [1.82, 2.24) is 15.3 Å². The zero-order valence-corrected chi connectivity index (χ0v) is 8.40. The van der Waals surface area contributed by atoms with Crippen molar-refractivity contribution in [2.45, 2.75) is 6.92 Å². The van der Waals surface area contributed by atoms with Gasteiger partial charge in [-0.1, -0.05) is 0 Å². The molecule has 1 heterocycles. The fraction of sp³-hybridized carbons (Fsp3) is 0.182. The summed E-state index contributed by atoms with van der Waals surface area (Å²) in [6.07, 6.45) is 3.25. The van der Waals surface area contributed by atoms with Crippen molar-refractivity contribution < 1.29 is 4.79 Å². The topological polar surface area (TPSA) is 54.9 Å². The van der Waals surface area contributed by atoms with E-state index >= 15 is 0 Å². The van der Waals surface area contributed by atoms with Gasteiger partial charge in [0, 0.05) is 24.5 Å². The summed E-state index contributed by atoms with van der Waals surface area (Å²) >= 11 is 0. The molecule has 0 fully saturated rings. The van der Waals surface area contributed by atoms with Gasteiger partial charge in [-0.2, -0.15) is 0 Å². The van der Waals surface area contributed by atoms with Crippen LogP contribution in [0.25, 0.3) is 11.0 Å². The van der Waals surface area contributed by atoms with Gasteiger partial charge in [-0.25, -0.2) is 0 Å². The second-order valence-corrected chi connectivity index (χ2v) is 3.12. The zero-order chi connectivity index (χ0) is 10.7. The molecule has 0 saturated carbocycles. The standard InChI is InChI=1S/C11H11N3O/c1-2-12-11(15)8-3-4-9-10(7-8)14-6-5-13-9/h3-7H,2H2,1H3,(H,12,15). The first-order chi connectivity index (χ1) is 7.31. The summed E-state index contributed by atoms with van der Waals surface area (Å²) in [5, 5.41) is 2.74. The Labute approximate surface area is 87.4 Å². The van der Waals surface area contributed by atoms with Gasteiger partial charge in [0.25, 0.3) is 5.91 Å². The Balaban J connectivity index is 2.42. The fourth-order valence-corrected chi connectivity index (χ4v) is 1.37. The predicted octanol–water partition coefficient (Wildman–Crippen LogP) is 1.38. The van der Waals surface area contributed by atoms with Crippen molar-refractivity contribution in [3.8, 4) is 0 Å². The van der Waals surface area contributed by atoms with Crippen LogP contribution in [0.2, 0.25) is 0 Å². The van der Waals surface area contributed by atoms with Crippen LogP contribution >= 0.6 is 0 Å². The number of carbonyl (C=O) groups excluding carboxylic acids is 1. The molecule has 0 atom stereocenters. The second-order valence-electron chi connectivity index (χ2n) is 3.12. The maximum absolute atomic E-state index is 11.5. The Morgan fingerprint density at radius 3 is 2.73 bits per heavy atom. The Morgan fingerprint density at radius 2 is 2.00 bits per heavy atom. The van der Waals surface area contributed by atoms with Crippen LogP contribution in [-0.4, -0.2) is 22.4 Å². The number of carbonyl (C=O) groups is 1. The van der Waals surface area contributed by atoms with E-state index in [1.807, 2.05) is 6.92 Å². The number of fused-ring (bicyclic) bond motifs is 1. The van der Waals surface area contributed by atoms with E-state index in [-0.39, 0.29) is 5.91 Å². The van der Waals surface area contributed by atoms with Crippen molar-refractivity contribution in [1.29, 1.82) is 0 Å². The number of aromatic nitrogens is 2. The molecule has 2 aromatic rings. The highest BCUT2D eigenvalue weighted by Crippen LogP contribution is 2.10. The molecule has 15 heavy (non-hydrogen) atoms. The smallest absolute Gasteiger partial charge is 0.251 e. The molecule has 0 aliphatic heterocycles. The molecule has 1 aromatic heterocycles. The number of rotatable bonds is 2. The lowest BCUT2D eigenvalue weighted by Gasteiger charge is -2.02.